The molecule has 0 aliphatic heterocycles. The second-order valence-electron chi connectivity index (χ2n) is 5.59. The number of anilines is 1. The van der Waals surface area contributed by atoms with Gasteiger partial charge in [0.2, 0.25) is 10.0 Å². The van der Waals surface area contributed by atoms with Gasteiger partial charge in [-0.25, -0.2) is 21.9 Å². The molecule has 2 N–H and O–H groups in total. The van der Waals surface area contributed by atoms with Crippen LogP contribution in [0.15, 0.2) is 47.4 Å². The van der Waals surface area contributed by atoms with Crippen LogP contribution >= 0.6 is 0 Å². The van der Waals surface area contributed by atoms with Crippen molar-refractivity contribution >= 4 is 21.6 Å². The van der Waals surface area contributed by atoms with E-state index in [1.54, 1.807) is 6.92 Å². The summed E-state index contributed by atoms with van der Waals surface area (Å²) in [5.74, 6) is -2.83. The summed E-state index contributed by atoms with van der Waals surface area (Å²) in [5, 5.41) is 2.48. The van der Waals surface area contributed by atoms with E-state index in [4.69, 9.17) is 4.74 Å². The Hall–Kier alpha value is -2.36. The Kier molecular flexibility index (Phi) is 6.41. The highest BCUT2D eigenvalue weighted by atomic mass is 32.2. The number of methoxy groups -OCH3 is 1. The maximum Gasteiger partial charge on any atom is 0.255 e. The van der Waals surface area contributed by atoms with Crippen molar-refractivity contribution in [3.8, 4) is 0 Å². The molecule has 1 unspecified atom stereocenters. The molecule has 2 rings (SSSR count). The van der Waals surface area contributed by atoms with Crippen LogP contribution in [0.4, 0.5) is 14.5 Å². The Bertz CT molecular complexity index is 886. The third-order valence-corrected chi connectivity index (χ3v) is 4.98. The molecule has 2 aromatic rings. The molecule has 0 radical (unpaired) electrons. The summed E-state index contributed by atoms with van der Waals surface area (Å²) in [7, 11) is -2.26. The van der Waals surface area contributed by atoms with Gasteiger partial charge < -0.3 is 10.1 Å². The molecule has 0 aliphatic carbocycles. The Morgan fingerprint density at radius 2 is 1.77 bits per heavy atom. The van der Waals surface area contributed by atoms with E-state index in [0.717, 1.165) is 18.2 Å². The van der Waals surface area contributed by atoms with Crippen LogP contribution in [0.5, 0.6) is 0 Å². The number of amides is 1. The molecular formula is C17H18F2N2O4S. The summed E-state index contributed by atoms with van der Waals surface area (Å²) in [6.45, 7) is 1.89. The van der Waals surface area contributed by atoms with Crippen molar-refractivity contribution in [1.29, 1.82) is 0 Å². The molecule has 0 aromatic heterocycles. The predicted molar refractivity (Wildman–Crippen MR) is 92.4 cm³/mol. The molecule has 9 heteroatoms. The number of halogens is 2. The third kappa shape index (κ3) is 5.07. The molecule has 1 atom stereocenters. The minimum atomic E-state index is -3.72. The molecule has 0 spiro atoms. The SMILES string of the molecule is COCC(C)NS(=O)(=O)c1ccc(NC(=O)c2ccc(F)c(F)c2)cc1. The second kappa shape index (κ2) is 8.35. The molecule has 26 heavy (non-hydrogen) atoms. The number of nitrogens with one attached hydrogen (secondary N) is 2. The highest BCUT2D eigenvalue weighted by molar-refractivity contribution is 7.89. The van der Waals surface area contributed by atoms with Gasteiger partial charge >= 0.3 is 0 Å². The van der Waals surface area contributed by atoms with E-state index in [9.17, 15) is 22.0 Å². The topological polar surface area (TPSA) is 84.5 Å². The van der Waals surface area contributed by atoms with Crippen LogP contribution in [0.1, 0.15) is 17.3 Å². The standard InChI is InChI=1S/C17H18F2N2O4S/c1-11(10-25-2)21-26(23,24)14-6-4-13(5-7-14)20-17(22)12-3-8-15(18)16(19)9-12/h3-9,11,21H,10H2,1-2H3,(H,20,22). The molecule has 1 amide bonds. The molecule has 0 aliphatic rings. The van der Waals surface area contributed by atoms with E-state index in [1.165, 1.54) is 31.4 Å². The van der Waals surface area contributed by atoms with E-state index in [-0.39, 0.29) is 17.1 Å². The summed E-state index contributed by atoms with van der Waals surface area (Å²) in [4.78, 5) is 12.1. The summed E-state index contributed by atoms with van der Waals surface area (Å²) in [6.07, 6.45) is 0. The monoisotopic (exact) mass is 384 g/mol. The molecule has 0 fully saturated rings. The average Bonchev–Trinajstić information content (AvgIpc) is 2.57. The van der Waals surface area contributed by atoms with Crippen LogP contribution in [0, 0.1) is 11.6 Å². The first-order chi connectivity index (χ1) is 12.2. The van der Waals surface area contributed by atoms with E-state index < -0.39 is 33.6 Å². The van der Waals surface area contributed by atoms with Gasteiger partial charge in [-0.2, -0.15) is 0 Å². The summed E-state index contributed by atoms with van der Waals surface area (Å²) >= 11 is 0. The van der Waals surface area contributed by atoms with Crippen LogP contribution in [0.2, 0.25) is 0 Å². The fourth-order valence-corrected chi connectivity index (χ4v) is 3.40. The van der Waals surface area contributed by atoms with Gasteiger partial charge in [0.1, 0.15) is 0 Å². The number of ether oxygens (including phenoxy) is 1. The average molecular weight is 384 g/mol. The molecular weight excluding hydrogens is 366 g/mol. The van der Waals surface area contributed by atoms with Crippen molar-refractivity contribution in [3.63, 3.8) is 0 Å². The number of carbonyl (C=O) groups excluding carboxylic acids is 1. The first-order valence-electron chi connectivity index (χ1n) is 7.60. The quantitative estimate of drug-likeness (QED) is 0.768. The van der Waals surface area contributed by atoms with Crippen LogP contribution in [0.3, 0.4) is 0 Å². The fourth-order valence-electron chi connectivity index (χ4n) is 2.17. The van der Waals surface area contributed by atoms with Crippen LogP contribution in [-0.4, -0.2) is 34.1 Å². The summed E-state index contributed by atoms with van der Waals surface area (Å²) in [6, 6.07) is 7.81. The van der Waals surface area contributed by atoms with E-state index in [2.05, 4.69) is 10.0 Å². The number of hydrogen-bond donors (Lipinski definition) is 2. The lowest BCUT2D eigenvalue weighted by molar-refractivity contribution is 0.102. The second-order valence-corrected chi connectivity index (χ2v) is 7.30. The third-order valence-electron chi connectivity index (χ3n) is 3.38. The lowest BCUT2D eigenvalue weighted by atomic mass is 10.2. The van der Waals surface area contributed by atoms with Crippen molar-refractivity contribution in [2.75, 3.05) is 19.0 Å². The lowest BCUT2D eigenvalue weighted by Crippen LogP contribution is -2.35. The van der Waals surface area contributed by atoms with Gasteiger partial charge in [0, 0.05) is 24.4 Å². The number of sulfonamides is 1. The number of carbonyl (C=O) groups is 1. The largest absolute Gasteiger partial charge is 0.383 e. The Labute approximate surface area is 150 Å². The molecule has 0 bridgehead atoms. The smallest absolute Gasteiger partial charge is 0.255 e. The minimum Gasteiger partial charge on any atom is -0.383 e. The predicted octanol–water partition coefficient (Wildman–Crippen LogP) is 2.53. The lowest BCUT2D eigenvalue weighted by Gasteiger charge is -2.13. The zero-order valence-corrected chi connectivity index (χ0v) is 14.9. The minimum absolute atomic E-state index is 0.0197. The Morgan fingerprint density at radius 3 is 2.35 bits per heavy atom. The zero-order chi connectivity index (χ0) is 19.3. The van der Waals surface area contributed by atoms with Gasteiger partial charge in [-0.3, -0.25) is 4.79 Å². The first kappa shape index (κ1) is 20.0. The zero-order valence-electron chi connectivity index (χ0n) is 14.1. The molecule has 6 nitrogen and oxygen atoms in total. The van der Waals surface area contributed by atoms with E-state index in [1.807, 2.05) is 0 Å². The first-order valence-corrected chi connectivity index (χ1v) is 9.09. The van der Waals surface area contributed by atoms with Gasteiger partial charge in [0.05, 0.1) is 11.5 Å². The van der Waals surface area contributed by atoms with Crippen LogP contribution in [-0.2, 0) is 14.8 Å². The van der Waals surface area contributed by atoms with Crippen LogP contribution in [0.25, 0.3) is 0 Å². The molecule has 0 heterocycles. The van der Waals surface area contributed by atoms with Crippen molar-refractivity contribution in [2.45, 2.75) is 17.9 Å². The molecule has 0 saturated heterocycles. The summed E-state index contributed by atoms with van der Waals surface area (Å²) in [5.41, 5.74) is 0.249. The number of benzene rings is 2. The van der Waals surface area contributed by atoms with E-state index in [0.29, 0.717) is 5.69 Å². The maximum absolute atomic E-state index is 13.2. The highest BCUT2D eigenvalue weighted by Gasteiger charge is 2.17. The summed E-state index contributed by atoms with van der Waals surface area (Å²) < 4.78 is 57.8. The Morgan fingerprint density at radius 1 is 1.12 bits per heavy atom. The molecule has 140 valence electrons. The fraction of sp³-hybridized carbons (Fsp3) is 0.235. The maximum atomic E-state index is 13.2. The van der Waals surface area contributed by atoms with Crippen molar-refractivity contribution < 1.29 is 26.7 Å². The van der Waals surface area contributed by atoms with Crippen molar-refractivity contribution in [2.24, 2.45) is 0 Å². The highest BCUT2D eigenvalue weighted by Crippen LogP contribution is 2.16. The molecule has 0 saturated carbocycles. The molecule has 2 aromatic carbocycles. The number of hydrogen-bond acceptors (Lipinski definition) is 4. The number of rotatable bonds is 7. The van der Waals surface area contributed by atoms with Gasteiger partial charge in [-0.1, -0.05) is 0 Å². The normalized spacial score (nSPS) is 12.6. The van der Waals surface area contributed by atoms with Gasteiger partial charge in [0.25, 0.3) is 5.91 Å². The van der Waals surface area contributed by atoms with Crippen molar-refractivity contribution in [3.05, 3.63) is 59.7 Å². The Balaban J connectivity index is 2.09. The van der Waals surface area contributed by atoms with Gasteiger partial charge in [-0.15, -0.1) is 0 Å². The van der Waals surface area contributed by atoms with Crippen LogP contribution < -0.4 is 10.0 Å². The van der Waals surface area contributed by atoms with E-state index >= 15 is 0 Å². The van der Waals surface area contributed by atoms with Gasteiger partial charge in [0.15, 0.2) is 11.6 Å². The van der Waals surface area contributed by atoms with Gasteiger partial charge in [-0.05, 0) is 49.4 Å². The van der Waals surface area contributed by atoms with Crippen molar-refractivity contribution in [1.82, 2.24) is 4.72 Å².